The molecule has 5 heteroatoms. The summed E-state index contributed by atoms with van der Waals surface area (Å²) in [6.07, 6.45) is 0.464. The molecule has 1 aliphatic rings. The van der Waals surface area contributed by atoms with Crippen LogP contribution in [0.5, 0.6) is 0 Å². The van der Waals surface area contributed by atoms with Gasteiger partial charge in [-0.25, -0.2) is 0 Å². The van der Waals surface area contributed by atoms with Crippen molar-refractivity contribution in [3.8, 4) is 0 Å². The predicted octanol–water partition coefficient (Wildman–Crippen LogP) is 1.07. The SMILES string of the molecule is O=C1CCC(c2ccccc2)([N+](=O)[O-])CN1. The van der Waals surface area contributed by atoms with Crippen molar-refractivity contribution in [1.82, 2.24) is 5.32 Å². The van der Waals surface area contributed by atoms with E-state index < -0.39 is 5.54 Å². The van der Waals surface area contributed by atoms with Gasteiger partial charge in [0.1, 0.15) is 0 Å². The summed E-state index contributed by atoms with van der Waals surface area (Å²) < 4.78 is 0. The van der Waals surface area contributed by atoms with Gasteiger partial charge in [0.2, 0.25) is 5.91 Å². The van der Waals surface area contributed by atoms with E-state index in [1.54, 1.807) is 24.3 Å². The average Bonchev–Trinajstić information content (AvgIpc) is 2.31. The fourth-order valence-corrected chi connectivity index (χ4v) is 2.00. The number of nitro groups is 1. The van der Waals surface area contributed by atoms with E-state index in [-0.39, 0.29) is 30.2 Å². The van der Waals surface area contributed by atoms with Crippen molar-refractivity contribution < 1.29 is 9.72 Å². The summed E-state index contributed by atoms with van der Waals surface area (Å²) in [6, 6.07) is 8.84. The molecule has 16 heavy (non-hydrogen) atoms. The van der Waals surface area contributed by atoms with Gasteiger partial charge in [0.25, 0.3) is 5.54 Å². The third-order valence-corrected chi connectivity index (χ3v) is 3.00. The average molecular weight is 220 g/mol. The highest BCUT2D eigenvalue weighted by Crippen LogP contribution is 2.31. The smallest absolute Gasteiger partial charge is 0.264 e. The first kappa shape index (κ1) is 10.6. The lowest BCUT2D eigenvalue weighted by Gasteiger charge is -2.29. The Bertz CT molecular complexity index is 406. The number of carbonyl (C=O) groups is 1. The molecule has 1 heterocycles. The maximum atomic E-state index is 11.2. The molecule has 1 atom stereocenters. The molecule has 0 aromatic heterocycles. The Balaban J connectivity index is 2.37. The highest BCUT2D eigenvalue weighted by Gasteiger charge is 2.47. The Hall–Kier alpha value is -1.91. The quantitative estimate of drug-likeness (QED) is 0.598. The zero-order valence-electron chi connectivity index (χ0n) is 8.68. The molecule has 0 aliphatic carbocycles. The van der Waals surface area contributed by atoms with Gasteiger partial charge in [-0.05, 0) is 0 Å². The molecule has 1 fully saturated rings. The molecule has 1 N–H and O–H groups in total. The maximum absolute atomic E-state index is 11.2. The molecule has 2 rings (SSSR count). The van der Waals surface area contributed by atoms with Crippen LogP contribution in [0.4, 0.5) is 0 Å². The van der Waals surface area contributed by atoms with Crippen LogP contribution in [0.1, 0.15) is 18.4 Å². The molecule has 0 bridgehead atoms. The van der Waals surface area contributed by atoms with Crippen molar-refractivity contribution in [3.63, 3.8) is 0 Å². The molecule has 0 spiro atoms. The van der Waals surface area contributed by atoms with Gasteiger partial charge in [0.05, 0.1) is 6.54 Å². The largest absolute Gasteiger partial charge is 0.348 e. The summed E-state index contributed by atoms with van der Waals surface area (Å²) in [5.74, 6) is -0.117. The number of rotatable bonds is 2. The summed E-state index contributed by atoms with van der Waals surface area (Å²) in [4.78, 5) is 22.0. The summed E-state index contributed by atoms with van der Waals surface area (Å²) in [5, 5.41) is 13.8. The number of piperidine rings is 1. The molecule has 0 saturated carbocycles. The van der Waals surface area contributed by atoms with E-state index in [4.69, 9.17) is 0 Å². The molecule has 1 amide bonds. The Morgan fingerprint density at radius 2 is 2.00 bits per heavy atom. The van der Waals surface area contributed by atoms with Gasteiger partial charge >= 0.3 is 0 Å². The van der Waals surface area contributed by atoms with Crippen LogP contribution in [-0.2, 0) is 10.3 Å². The number of hydrogen-bond acceptors (Lipinski definition) is 3. The van der Waals surface area contributed by atoms with Crippen LogP contribution in [0.3, 0.4) is 0 Å². The topological polar surface area (TPSA) is 72.2 Å². The zero-order chi connectivity index (χ0) is 11.6. The minimum atomic E-state index is -1.16. The van der Waals surface area contributed by atoms with E-state index >= 15 is 0 Å². The Morgan fingerprint density at radius 1 is 1.31 bits per heavy atom. The van der Waals surface area contributed by atoms with E-state index in [2.05, 4.69) is 5.32 Å². The van der Waals surface area contributed by atoms with Crippen LogP contribution in [0.2, 0.25) is 0 Å². The Morgan fingerprint density at radius 3 is 2.50 bits per heavy atom. The van der Waals surface area contributed by atoms with Gasteiger partial charge in [-0.3, -0.25) is 14.9 Å². The summed E-state index contributed by atoms with van der Waals surface area (Å²) in [7, 11) is 0. The standard InChI is InChI=1S/C11H12N2O3/c14-10-6-7-11(8-12-10,13(15)16)9-4-2-1-3-5-9/h1-5H,6-8H2,(H,12,14). The second-order valence-corrected chi connectivity index (χ2v) is 3.93. The number of nitrogens with one attached hydrogen (secondary N) is 1. The third kappa shape index (κ3) is 1.64. The monoisotopic (exact) mass is 220 g/mol. The van der Waals surface area contributed by atoms with Crippen molar-refractivity contribution >= 4 is 5.91 Å². The van der Waals surface area contributed by atoms with Gasteiger partial charge in [-0.1, -0.05) is 30.3 Å². The van der Waals surface area contributed by atoms with Crippen LogP contribution >= 0.6 is 0 Å². The maximum Gasteiger partial charge on any atom is 0.264 e. The first-order chi connectivity index (χ1) is 7.65. The molecule has 84 valence electrons. The van der Waals surface area contributed by atoms with E-state index in [9.17, 15) is 14.9 Å². The van der Waals surface area contributed by atoms with Crippen LogP contribution in [0, 0.1) is 10.1 Å². The lowest BCUT2D eigenvalue weighted by molar-refractivity contribution is -0.579. The predicted molar refractivity (Wildman–Crippen MR) is 57.4 cm³/mol. The second kappa shape index (κ2) is 3.92. The van der Waals surface area contributed by atoms with Crippen molar-refractivity contribution in [2.45, 2.75) is 18.4 Å². The molecule has 1 saturated heterocycles. The highest BCUT2D eigenvalue weighted by molar-refractivity contribution is 5.77. The second-order valence-electron chi connectivity index (χ2n) is 3.93. The highest BCUT2D eigenvalue weighted by atomic mass is 16.6. The molecule has 5 nitrogen and oxygen atoms in total. The lowest BCUT2D eigenvalue weighted by atomic mass is 9.83. The first-order valence-electron chi connectivity index (χ1n) is 5.12. The van der Waals surface area contributed by atoms with Crippen LogP contribution < -0.4 is 5.32 Å². The van der Waals surface area contributed by atoms with Crippen molar-refractivity contribution in [1.29, 1.82) is 0 Å². The van der Waals surface area contributed by atoms with Gasteiger partial charge < -0.3 is 5.32 Å². The fraction of sp³-hybridized carbons (Fsp3) is 0.364. The Kier molecular flexibility index (Phi) is 2.60. The Labute approximate surface area is 92.6 Å². The van der Waals surface area contributed by atoms with Gasteiger partial charge in [0, 0.05) is 23.3 Å². The number of amides is 1. The zero-order valence-corrected chi connectivity index (χ0v) is 8.68. The van der Waals surface area contributed by atoms with Crippen LogP contribution in [-0.4, -0.2) is 17.4 Å². The van der Waals surface area contributed by atoms with E-state index in [0.29, 0.717) is 5.56 Å². The molecule has 1 aromatic carbocycles. The minimum absolute atomic E-state index is 0.0723. The van der Waals surface area contributed by atoms with Crippen LogP contribution in [0.25, 0.3) is 0 Å². The van der Waals surface area contributed by atoms with Gasteiger partial charge in [-0.2, -0.15) is 0 Å². The van der Waals surface area contributed by atoms with E-state index in [1.807, 2.05) is 6.07 Å². The molecular formula is C11H12N2O3. The van der Waals surface area contributed by atoms with Gasteiger partial charge in [-0.15, -0.1) is 0 Å². The van der Waals surface area contributed by atoms with Crippen molar-refractivity contribution in [3.05, 3.63) is 46.0 Å². The molecular weight excluding hydrogens is 208 g/mol. The van der Waals surface area contributed by atoms with Crippen molar-refractivity contribution in [2.75, 3.05) is 6.54 Å². The number of benzene rings is 1. The number of hydrogen-bond donors (Lipinski definition) is 1. The lowest BCUT2D eigenvalue weighted by Crippen LogP contribution is -2.50. The normalized spacial score (nSPS) is 24.9. The van der Waals surface area contributed by atoms with Crippen LogP contribution in [0.15, 0.2) is 30.3 Å². The third-order valence-electron chi connectivity index (χ3n) is 3.00. The molecule has 1 aliphatic heterocycles. The fourth-order valence-electron chi connectivity index (χ4n) is 2.00. The van der Waals surface area contributed by atoms with E-state index in [0.717, 1.165) is 0 Å². The molecule has 1 unspecified atom stereocenters. The summed E-state index contributed by atoms with van der Waals surface area (Å²) in [6.45, 7) is 0.0723. The summed E-state index contributed by atoms with van der Waals surface area (Å²) >= 11 is 0. The summed E-state index contributed by atoms with van der Waals surface area (Å²) in [5.41, 5.74) is -0.505. The van der Waals surface area contributed by atoms with Gasteiger partial charge in [0.15, 0.2) is 0 Å². The first-order valence-corrected chi connectivity index (χ1v) is 5.12. The minimum Gasteiger partial charge on any atom is -0.348 e. The number of nitrogens with zero attached hydrogens (tertiary/aromatic N) is 1. The number of carbonyl (C=O) groups excluding carboxylic acids is 1. The van der Waals surface area contributed by atoms with E-state index in [1.165, 1.54) is 0 Å². The molecule has 1 aromatic rings. The molecule has 0 radical (unpaired) electrons. The van der Waals surface area contributed by atoms with Crippen molar-refractivity contribution in [2.24, 2.45) is 0 Å².